The van der Waals surface area contributed by atoms with Crippen LogP contribution in [0.2, 0.25) is 0 Å². The summed E-state index contributed by atoms with van der Waals surface area (Å²) in [7, 11) is 0. The Morgan fingerprint density at radius 1 is 1.40 bits per heavy atom. The average Bonchev–Trinajstić information content (AvgIpc) is 2.23. The van der Waals surface area contributed by atoms with Crippen molar-refractivity contribution < 1.29 is 4.79 Å². The summed E-state index contributed by atoms with van der Waals surface area (Å²) in [5.74, 6) is 0.332. The van der Waals surface area contributed by atoms with Crippen LogP contribution in [-0.2, 0) is 4.79 Å². The maximum atomic E-state index is 11.2. The van der Waals surface area contributed by atoms with Crippen molar-refractivity contribution in [1.82, 2.24) is 5.32 Å². The first kappa shape index (κ1) is 12.5. The van der Waals surface area contributed by atoms with E-state index in [2.05, 4.69) is 26.1 Å². The first-order chi connectivity index (χ1) is 6.64. The van der Waals surface area contributed by atoms with Gasteiger partial charge in [-0.15, -0.1) is 0 Å². The van der Waals surface area contributed by atoms with Crippen LogP contribution in [0.5, 0.6) is 0 Å². The van der Waals surface area contributed by atoms with E-state index < -0.39 is 5.54 Å². The van der Waals surface area contributed by atoms with Gasteiger partial charge in [0.25, 0.3) is 0 Å². The molecule has 1 saturated carbocycles. The van der Waals surface area contributed by atoms with E-state index in [1.807, 2.05) is 13.8 Å². The minimum absolute atomic E-state index is 0.278. The highest BCUT2D eigenvalue weighted by molar-refractivity contribution is 5.83. The lowest BCUT2D eigenvalue weighted by Gasteiger charge is -2.29. The molecule has 1 amide bonds. The number of nitrogens with one attached hydrogen (secondary N) is 1. The largest absolute Gasteiger partial charge is 0.368 e. The molecule has 0 bridgehead atoms. The highest BCUT2D eigenvalue weighted by Gasteiger charge is 2.40. The molecule has 2 atom stereocenters. The van der Waals surface area contributed by atoms with E-state index in [1.54, 1.807) is 0 Å². The van der Waals surface area contributed by atoms with Crippen LogP contribution in [0.4, 0.5) is 0 Å². The molecule has 3 nitrogen and oxygen atoms in total. The molecule has 1 aliphatic carbocycles. The van der Waals surface area contributed by atoms with Crippen LogP contribution in [0.1, 0.15) is 47.5 Å². The summed E-state index contributed by atoms with van der Waals surface area (Å²) >= 11 is 0. The summed E-state index contributed by atoms with van der Waals surface area (Å²) in [6.07, 6.45) is 2.32. The fourth-order valence-electron chi connectivity index (χ4n) is 2.62. The Bertz CT molecular complexity index is 258. The van der Waals surface area contributed by atoms with Crippen LogP contribution in [0.3, 0.4) is 0 Å². The third-order valence-electron chi connectivity index (χ3n) is 3.50. The lowest BCUT2D eigenvalue weighted by Crippen LogP contribution is -2.55. The zero-order valence-corrected chi connectivity index (χ0v) is 10.6. The molecule has 0 heterocycles. The number of nitrogens with two attached hydrogens (primary N) is 1. The van der Waals surface area contributed by atoms with Crippen LogP contribution in [0, 0.1) is 11.3 Å². The van der Waals surface area contributed by atoms with Crippen molar-refractivity contribution >= 4 is 5.91 Å². The average molecular weight is 212 g/mol. The van der Waals surface area contributed by atoms with Crippen molar-refractivity contribution in [2.75, 3.05) is 0 Å². The fraction of sp³-hybridized carbons (Fsp3) is 0.917. The van der Waals surface area contributed by atoms with Gasteiger partial charge < -0.3 is 11.1 Å². The summed E-state index contributed by atoms with van der Waals surface area (Å²) in [6.45, 7) is 10.5. The van der Waals surface area contributed by atoms with E-state index in [-0.39, 0.29) is 5.91 Å². The van der Waals surface area contributed by atoms with E-state index in [4.69, 9.17) is 5.73 Å². The summed E-state index contributed by atoms with van der Waals surface area (Å²) in [5, 5.41) is 3.39. The molecule has 0 aromatic heterocycles. The van der Waals surface area contributed by atoms with Gasteiger partial charge in [0.05, 0.1) is 5.54 Å². The molecule has 1 rings (SSSR count). The Balaban J connectivity index is 2.64. The minimum atomic E-state index is -0.598. The lowest BCUT2D eigenvalue weighted by atomic mass is 9.91. The van der Waals surface area contributed by atoms with Gasteiger partial charge in [-0.05, 0) is 38.0 Å². The Labute approximate surface area is 92.8 Å². The Morgan fingerprint density at radius 2 is 1.93 bits per heavy atom. The zero-order valence-electron chi connectivity index (χ0n) is 10.6. The maximum absolute atomic E-state index is 11.2. The molecule has 1 aliphatic rings. The van der Waals surface area contributed by atoms with Crippen LogP contribution < -0.4 is 11.1 Å². The van der Waals surface area contributed by atoms with Crippen molar-refractivity contribution in [2.45, 2.75) is 59.0 Å². The molecular formula is C12H24N2O. The topological polar surface area (TPSA) is 55.1 Å². The van der Waals surface area contributed by atoms with Crippen molar-refractivity contribution in [1.29, 1.82) is 0 Å². The first-order valence-electron chi connectivity index (χ1n) is 5.72. The Kier molecular flexibility index (Phi) is 3.15. The maximum Gasteiger partial charge on any atom is 0.237 e. The summed E-state index contributed by atoms with van der Waals surface area (Å²) in [6, 6.07) is 0.405. The van der Waals surface area contributed by atoms with Crippen molar-refractivity contribution in [3.63, 3.8) is 0 Å². The quantitative estimate of drug-likeness (QED) is 0.747. The van der Waals surface area contributed by atoms with Gasteiger partial charge in [-0.2, -0.15) is 0 Å². The molecular weight excluding hydrogens is 188 g/mol. The number of hydrogen-bond acceptors (Lipinski definition) is 2. The highest BCUT2D eigenvalue weighted by atomic mass is 16.1. The lowest BCUT2D eigenvalue weighted by molar-refractivity contribution is -0.123. The van der Waals surface area contributed by atoms with Gasteiger partial charge in [0.2, 0.25) is 5.91 Å². The molecule has 3 N–H and O–H groups in total. The number of rotatable bonds is 3. The number of carbonyl (C=O) groups is 1. The molecule has 0 aromatic carbocycles. The predicted octanol–water partition coefficient (Wildman–Crippen LogP) is 1.66. The number of carbonyl (C=O) groups excluding carboxylic acids is 1. The Morgan fingerprint density at radius 3 is 2.27 bits per heavy atom. The Hall–Kier alpha value is -0.570. The molecule has 2 unspecified atom stereocenters. The molecule has 0 saturated heterocycles. The van der Waals surface area contributed by atoms with Crippen LogP contribution in [0.25, 0.3) is 0 Å². The highest BCUT2D eigenvalue weighted by Crippen LogP contribution is 2.41. The molecule has 0 aromatic rings. The summed E-state index contributed by atoms with van der Waals surface area (Å²) in [4.78, 5) is 11.2. The number of amides is 1. The van der Waals surface area contributed by atoms with Gasteiger partial charge in [0, 0.05) is 6.04 Å². The molecule has 88 valence electrons. The third-order valence-corrected chi connectivity index (χ3v) is 3.50. The monoisotopic (exact) mass is 212 g/mol. The second kappa shape index (κ2) is 3.78. The van der Waals surface area contributed by atoms with Gasteiger partial charge in [-0.3, -0.25) is 4.79 Å². The number of hydrogen-bond donors (Lipinski definition) is 2. The van der Waals surface area contributed by atoms with Gasteiger partial charge in [-0.25, -0.2) is 0 Å². The van der Waals surface area contributed by atoms with Gasteiger partial charge >= 0.3 is 0 Å². The van der Waals surface area contributed by atoms with E-state index in [0.29, 0.717) is 17.4 Å². The SMILES string of the molecule is CC1CC(C)(C)CC1NC(C)(C)C(N)=O. The third kappa shape index (κ3) is 2.94. The second-order valence-electron chi connectivity index (χ2n) is 6.29. The van der Waals surface area contributed by atoms with Crippen LogP contribution >= 0.6 is 0 Å². The molecule has 3 heteroatoms. The first-order valence-corrected chi connectivity index (χ1v) is 5.72. The summed E-state index contributed by atoms with van der Waals surface area (Å²) < 4.78 is 0. The minimum Gasteiger partial charge on any atom is -0.368 e. The van der Waals surface area contributed by atoms with Crippen molar-refractivity contribution in [3.05, 3.63) is 0 Å². The van der Waals surface area contributed by atoms with E-state index in [1.165, 1.54) is 6.42 Å². The molecule has 0 aliphatic heterocycles. The summed E-state index contributed by atoms with van der Waals surface area (Å²) in [5.41, 5.74) is 5.14. The molecule has 0 spiro atoms. The smallest absolute Gasteiger partial charge is 0.237 e. The van der Waals surface area contributed by atoms with Gasteiger partial charge in [0.1, 0.15) is 0 Å². The molecule has 15 heavy (non-hydrogen) atoms. The van der Waals surface area contributed by atoms with E-state index in [0.717, 1.165) is 6.42 Å². The second-order valence-corrected chi connectivity index (χ2v) is 6.29. The van der Waals surface area contributed by atoms with Gasteiger partial charge in [0.15, 0.2) is 0 Å². The normalized spacial score (nSPS) is 30.5. The van der Waals surface area contributed by atoms with Gasteiger partial charge in [-0.1, -0.05) is 20.8 Å². The number of primary amides is 1. The molecule has 1 fully saturated rings. The van der Waals surface area contributed by atoms with Crippen LogP contribution in [0.15, 0.2) is 0 Å². The molecule has 0 radical (unpaired) electrons. The standard InChI is InChI=1S/C12H24N2O/c1-8-6-11(2,3)7-9(8)14-12(4,5)10(13)15/h8-9,14H,6-7H2,1-5H3,(H2,13,15). The van der Waals surface area contributed by atoms with Crippen LogP contribution in [-0.4, -0.2) is 17.5 Å². The fourth-order valence-corrected chi connectivity index (χ4v) is 2.62. The zero-order chi connectivity index (χ0) is 11.9. The van der Waals surface area contributed by atoms with E-state index in [9.17, 15) is 4.79 Å². The van der Waals surface area contributed by atoms with Crippen molar-refractivity contribution in [3.8, 4) is 0 Å². The van der Waals surface area contributed by atoms with Crippen molar-refractivity contribution in [2.24, 2.45) is 17.1 Å². The van der Waals surface area contributed by atoms with E-state index >= 15 is 0 Å². The predicted molar refractivity (Wildman–Crippen MR) is 62.4 cm³/mol.